The Labute approximate surface area is 196 Å². The summed E-state index contributed by atoms with van der Waals surface area (Å²) in [5, 5.41) is 7.34. The normalized spacial score (nSPS) is 11.2. The van der Waals surface area contributed by atoms with Crippen LogP contribution in [-0.2, 0) is 20.1 Å². The zero-order chi connectivity index (χ0) is 22.9. The fraction of sp³-hybridized carbons (Fsp3) is 0.200. The first-order valence-electron chi connectivity index (χ1n) is 10.7. The summed E-state index contributed by atoms with van der Waals surface area (Å²) >= 11 is 1.61. The molecule has 0 spiro atoms. The number of aryl methyl sites for hydroxylation is 2. The lowest BCUT2D eigenvalue weighted by Gasteiger charge is -2.19. The average molecular weight is 457 g/mol. The van der Waals surface area contributed by atoms with Gasteiger partial charge >= 0.3 is 0 Å². The third kappa shape index (κ3) is 4.17. The summed E-state index contributed by atoms with van der Waals surface area (Å²) < 4.78 is 3.78. The lowest BCUT2D eigenvalue weighted by atomic mass is 10.1. The first-order valence-corrected chi connectivity index (χ1v) is 11.5. The minimum absolute atomic E-state index is 0.0428. The van der Waals surface area contributed by atoms with Crippen molar-refractivity contribution in [1.29, 1.82) is 0 Å². The van der Waals surface area contributed by atoms with Crippen LogP contribution >= 0.6 is 11.3 Å². The zero-order valence-electron chi connectivity index (χ0n) is 18.8. The van der Waals surface area contributed by atoms with E-state index in [0.29, 0.717) is 12.1 Å². The van der Waals surface area contributed by atoms with Crippen molar-refractivity contribution in [1.82, 2.24) is 29.2 Å². The Hall–Kier alpha value is -3.78. The lowest BCUT2D eigenvalue weighted by molar-refractivity contribution is 0.0787. The molecule has 0 saturated heterocycles. The summed E-state index contributed by atoms with van der Waals surface area (Å²) in [5.41, 5.74) is 5.21. The molecule has 0 aliphatic heterocycles. The number of hydrogen-bond donors (Lipinski definition) is 0. The standard InChI is InChI=1S/C25H24N6OS/c1-17-23-20(13-21(22-5-4-12-33-22)27-24(23)30(3)28-17)25(32)29(2)14-18-6-8-19(9-7-18)15-31-11-10-26-16-31/h4-13,16H,14-15H2,1-3H3. The fourth-order valence-corrected chi connectivity index (χ4v) is 4.74. The molecule has 8 heteroatoms. The number of aromatic nitrogens is 5. The van der Waals surface area contributed by atoms with Gasteiger partial charge in [0.15, 0.2) is 5.65 Å². The second kappa shape index (κ2) is 8.63. The number of benzene rings is 1. The maximum absolute atomic E-state index is 13.6. The molecule has 5 aromatic rings. The number of fused-ring (bicyclic) bond motifs is 1. The van der Waals surface area contributed by atoms with Crippen molar-refractivity contribution in [3.63, 3.8) is 0 Å². The van der Waals surface area contributed by atoms with Crippen LogP contribution in [0.3, 0.4) is 0 Å². The molecule has 1 amide bonds. The van der Waals surface area contributed by atoms with E-state index in [9.17, 15) is 4.79 Å². The largest absolute Gasteiger partial charge is 0.337 e. The van der Waals surface area contributed by atoms with Gasteiger partial charge < -0.3 is 9.47 Å². The molecule has 166 valence electrons. The first kappa shape index (κ1) is 21.1. The predicted molar refractivity (Wildman–Crippen MR) is 130 cm³/mol. The van der Waals surface area contributed by atoms with Gasteiger partial charge in [-0.25, -0.2) is 9.97 Å². The smallest absolute Gasteiger partial charge is 0.254 e. The van der Waals surface area contributed by atoms with E-state index < -0.39 is 0 Å². The van der Waals surface area contributed by atoms with Crippen LogP contribution in [0, 0.1) is 6.92 Å². The Kier molecular flexibility index (Phi) is 5.51. The van der Waals surface area contributed by atoms with E-state index in [2.05, 4.69) is 34.3 Å². The van der Waals surface area contributed by atoms with E-state index in [1.54, 1.807) is 33.4 Å². The number of carbonyl (C=O) groups excluding carboxylic acids is 1. The monoisotopic (exact) mass is 456 g/mol. The Balaban J connectivity index is 1.42. The van der Waals surface area contributed by atoms with Crippen molar-refractivity contribution in [2.75, 3.05) is 7.05 Å². The highest BCUT2D eigenvalue weighted by Crippen LogP contribution is 2.30. The van der Waals surface area contributed by atoms with Crippen molar-refractivity contribution in [2.24, 2.45) is 7.05 Å². The summed E-state index contributed by atoms with van der Waals surface area (Å²) in [6, 6.07) is 14.2. The number of nitrogens with zero attached hydrogens (tertiary/aromatic N) is 6. The van der Waals surface area contributed by atoms with Gasteiger partial charge in [0.2, 0.25) is 0 Å². The molecule has 0 unspecified atom stereocenters. The summed E-state index contributed by atoms with van der Waals surface area (Å²) in [6.45, 7) is 3.21. The number of hydrogen-bond acceptors (Lipinski definition) is 5. The molecule has 4 aromatic heterocycles. The second-order valence-corrected chi connectivity index (χ2v) is 9.10. The quantitative estimate of drug-likeness (QED) is 0.377. The third-order valence-electron chi connectivity index (χ3n) is 5.69. The van der Waals surface area contributed by atoms with E-state index >= 15 is 0 Å². The Morgan fingerprint density at radius 1 is 1.15 bits per heavy atom. The van der Waals surface area contributed by atoms with Gasteiger partial charge in [-0.1, -0.05) is 30.3 Å². The molecule has 0 aliphatic rings. The highest BCUT2D eigenvalue weighted by atomic mass is 32.1. The maximum Gasteiger partial charge on any atom is 0.254 e. The number of carbonyl (C=O) groups is 1. The van der Waals surface area contributed by atoms with Crippen molar-refractivity contribution in [3.05, 3.63) is 88.9 Å². The number of amides is 1. The van der Waals surface area contributed by atoms with E-state index in [4.69, 9.17) is 4.98 Å². The molecule has 33 heavy (non-hydrogen) atoms. The highest BCUT2D eigenvalue weighted by molar-refractivity contribution is 7.13. The molecule has 0 bridgehead atoms. The fourth-order valence-electron chi connectivity index (χ4n) is 4.06. The molecule has 0 radical (unpaired) electrons. The van der Waals surface area contributed by atoms with Gasteiger partial charge in [-0.05, 0) is 35.6 Å². The van der Waals surface area contributed by atoms with E-state index in [1.165, 1.54) is 5.56 Å². The minimum Gasteiger partial charge on any atom is -0.337 e. The van der Waals surface area contributed by atoms with Gasteiger partial charge in [0.05, 0.1) is 33.5 Å². The van der Waals surface area contributed by atoms with E-state index in [0.717, 1.165) is 39.4 Å². The first-order chi connectivity index (χ1) is 16.0. The Morgan fingerprint density at radius 3 is 2.64 bits per heavy atom. The van der Waals surface area contributed by atoms with Gasteiger partial charge in [-0.3, -0.25) is 9.48 Å². The molecule has 0 N–H and O–H groups in total. The Bertz CT molecular complexity index is 1400. The van der Waals surface area contributed by atoms with E-state index in [-0.39, 0.29) is 5.91 Å². The average Bonchev–Trinajstić information content (AvgIpc) is 3.57. The molecule has 0 aliphatic carbocycles. The molecule has 5 rings (SSSR count). The van der Waals surface area contributed by atoms with Crippen LogP contribution in [0.15, 0.2) is 66.6 Å². The number of pyridine rings is 1. The lowest BCUT2D eigenvalue weighted by Crippen LogP contribution is -2.26. The summed E-state index contributed by atoms with van der Waals surface area (Å²) in [5.74, 6) is -0.0428. The van der Waals surface area contributed by atoms with Crippen LogP contribution in [0.5, 0.6) is 0 Å². The number of thiophene rings is 1. The van der Waals surface area contributed by atoms with Crippen LogP contribution in [0.2, 0.25) is 0 Å². The molecular weight excluding hydrogens is 432 g/mol. The van der Waals surface area contributed by atoms with Gasteiger partial charge in [0.25, 0.3) is 5.91 Å². The van der Waals surface area contributed by atoms with Crippen LogP contribution in [0.25, 0.3) is 21.6 Å². The summed E-state index contributed by atoms with van der Waals surface area (Å²) in [7, 11) is 3.70. The molecule has 0 saturated carbocycles. The van der Waals surface area contributed by atoms with Crippen molar-refractivity contribution in [3.8, 4) is 10.6 Å². The summed E-state index contributed by atoms with van der Waals surface area (Å²) in [4.78, 5) is 25.2. The molecular formula is C25H24N6OS. The Morgan fingerprint density at radius 2 is 1.94 bits per heavy atom. The zero-order valence-corrected chi connectivity index (χ0v) is 19.6. The SMILES string of the molecule is Cc1nn(C)c2nc(-c3cccs3)cc(C(=O)N(C)Cc3ccc(Cn4ccnc4)cc3)c12. The van der Waals surface area contributed by atoms with Crippen LogP contribution in [0.4, 0.5) is 0 Å². The van der Waals surface area contributed by atoms with Gasteiger partial charge in [-0.2, -0.15) is 5.10 Å². The van der Waals surface area contributed by atoms with E-state index in [1.807, 2.05) is 55.4 Å². The number of imidazole rings is 1. The van der Waals surface area contributed by atoms with Crippen LogP contribution in [-0.4, -0.2) is 42.2 Å². The molecule has 7 nitrogen and oxygen atoms in total. The van der Waals surface area contributed by atoms with Gasteiger partial charge in [-0.15, -0.1) is 11.3 Å². The predicted octanol–water partition coefficient (Wildman–Crippen LogP) is 4.52. The second-order valence-electron chi connectivity index (χ2n) is 8.15. The van der Waals surface area contributed by atoms with Gasteiger partial charge in [0, 0.05) is 39.6 Å². The highest BCUT2D eigenvalue weighted by Gasteiger charge is 2.22. The molecule has 1 aromatic carbocycles. The third-order valence-corrected chi connectivity index (χ3v) is 6.58. The van der Waals surface area contributed by atoms with Crippen molar-refractivity contribution < 1.29 is 4.79 Å². The van der Waals surface area contributed by atoms with Gasteiger partial charge in [0.1, 0.15) is 0 Å². The van der Waals surface area contributed by atoms with Crippen LogP contribution < -0.4 is 0 Å². The minimum atomic E-state index is -0.0428. The number of rotatable bonds is 6. The van der Waals surface area contributed by atoms with Crippen molar-refractivity contribution >= 4 is 28.3 Å². The maximum atomic E-state index is 13.6. The van der Waals surface area contributed by atoms with Crippen LogP contribution in [0.1, 0.15) is 27.2 Å². The topological polar surface area (TPSA) is 68.8 Å². The van der Waals surface area contributed by atoms with Crippen molar-refractivity contribution in [2.45, 2.75) is 20.0 Å². The molecule has 0 atom stereocenters. The summed E-state index contributed by atoms with van der Waals surface area (Å²) in [6.07, 6.45) is 5.53. The molecule has 0 fully saturated rings. The molecule has 4 heterocycles.